The SMILES string of the molecule is Cc1ccc(-c2ccc(/C=C3\SC(=Nc4ccc(F)cc4)NC3=O)o2)cc1. The van der Waals surface area contributed by atoms with Gasteiger partial charge in [0.1, 0.15) is 17.3 Å². The molecule has 6 heteroatoms. The molecule has 134 valence electrons. The first-order valence-electron chi connectivity index (χ1n) is 8.29. The molecular weight excluding hydrogens is 363 g/mol. The Morgan fingerprint density at radius 3 is 2.52 bits per heavy atom. The molecule has 4 nitrogen and oxygen atoms in total. The molecule has 1 fully saturated rings. The standard InChI is InChI=1S/C21H15FN2O2S/c1-13-2-4-14(5-3-13)18-11-10-17(26-18)12-19-20(25)24-21(27-19)23-16-8-6-15(22)7-9-16/h2-12H,1H3,(H,23,24,25)/b19-12-. The third-order valence-corrected chi connectivity index (χ3v) is 4.85. The maximum Gasteiger partial charge on any atom is 0.264 e. The fraction of sp³-hybridized carbons (Fsp3) is 0.0476. The van der Waals surface area contributed by atoms with Gasteiger partial charge in [-0.3, -0.25) is 4.79 Å². The van der Waals surface area contributed by atoms with Crippen LogP contribution in [0.25, 0.3) is 17.4 Å². The lowest BCUT2D eigenvalue weighted by Gasteiger charge is -1.97. The number of nitrogens with one attached hydrogen (secondary N) is 1. The van der Waals surface area contributed by atoms with Crippen molar-refractivity contribution in [1.82, 2.24) is 5.32 Å². The first-order chi connectivity index (χ1) is 13.1. The smallest absolute Gasteiger partial charge is 0.264 e. The molecule has 2 heterocycles. The number of amidine groups is 1. The van der Waals surface area contributed by atoms with Gasteiger partial charge in [0.25, 0.3) is 5.91 Å². The summed E-state index contributed by atoms with van der Waals surface area (Å²) in [4.78, 5) is 17.0. The molecule has 0 radical (unpaired) electrons. The van der Waals surface area contributed by atoms with E-state index in [4.69, 9.17) is 4.42 Å². The maximum atomic E-state index is 13.0. The largest absolute Gasteiger partial charge is 0.457 e. The lowest BCUT2D eigenvalue weighted by Crippen LogP contribution is -2.19. The number of hydrogen-bond acceptors (Lipinski definition) is 4. The van der Waals surface area contributed by atoms with E-state index in [0.717, 1.165) is 11.3 Å². The van der Waals surface area contributed by atoms with E-state index in [9.17, 15) is 9.18 Å². The normalized spacial score (nSPS) is 16.9. The quantitative estimate of drug-likeness (QED) is 0.631. The summed E-state index contributed by atoms with van der Waals surface area (Å²) in [7, 11) is 0. The molecule has 1 N–H and O–H groups in total. The van der Waals surface area contributed by atoms with Crippen molar-refractivity contribution in [3.63, 3.8) is 0 Å². The van der Waals surface area contributed by atoms with E-state index in [1.54, 1.807) is 18.2 Å². The molecule has 0 saturated carbocycles. The van der Waals surface area contributed by atoms with E-state index >= 15 is 0 Å². The first-order valence-corrected chi connectivity index (χ1v) is 9.10. The Bertz CT molecular complexity index is 1050. The number of hydrogen-bond donors (Lipinski definition) is 1. The first kappa shape index (κ1) is 17.3. The van der Waals surface area contributed by atoms with Crippen molar-refractivity contribution in [2.24, 2.45) is 4.99 Å². The number of aryl methyl sites for hydroxylation is 1. The molecule has 3 aromatic rings. The highest BCUT2D eigenvalue weighted by molar-refractivity contribution is 8.18. The van der Waals surface area contributed by atoms with Crippen molar-refractivity contribution in [2.75, 3.05) is 0 Å². The summed E-state index contributed by atoms with van der Waals surface area (Å²) in [6, 6.07) is 17.5. The summed E-state index contributed by atoms with van der Waals surface area (Å²) in [5.74, 6) is 0.760. The van der Waals surface area contributed by atoms with Gasteiger partial charge in [0.05, 0.1) is 10.6 Å². The minimum atomic E-state index is -0.329. The van der Waals surface area contributed by atoms with E-state index < -0.39 is 0 Å². The van der Waals surface area contributed by atoms with Crippen LogP contribution in [-0.2, 0) is 4.79 Å². The Balaban J connectivity index is 1.53. The molecule has 1 aliphatic heterocycles. The highest BCUT2D eigenvalue weighted by Gasteiger charge is 2.24. The van der Waals surface area contributed by atoms with Gasteiger partial charge in [-0.1, -0.05) is 29.8 Å². The summed E-state index contributed by atoms with van der Waals surface area (Å²) >= 11 is 1.22. The lowest BCUT2D eigenvalue weighted by atomic mass is 10.1. The molecule has 0 aliphatic carbocycles. The number of thioether (sulfide) groups is 1. The molecule has 0 atom stereocenters. The zero-order chi connectivity index (χ0) is 18.8. The lowest BCUT2D eigenvalue weighted by molar-refractivity contribution is -0.115. The fourth-order valence-corrected chi connectivity index (χ4v) is 3.37. The number of nitrogens with zero attached hydrogens (tertiary/aromatic N) is 1. The minimum absolute atomic E-state index is 0.242. The van der Waals surface area contributed by atoms with Gasteiger partial charge in [-0.25, -0.2) is 9.38 Å². The molecular formula is C21H15FN2O2S. The number of carbonyl (C=O) groups is 1. The topological polar surface area (TPSA) is 54.6 Å². The summed E-state index contributed by atoms with van der Waals surface area (Å²) in [6.07, 6.45) is 1.69. The van der Waals surface area contributed by atoms with E-state index in [1.807, 2.05) is 43.3 Å². The number of amides is 1. The number of benzene rings is 2. The molecule has 2 aromatic carbocycles. The van der Waals surface area contributed by atoms with Gasteiger partial charge >= 0.3 is 0 Å². The Morgan fingerprint density at radius 1 is 1.04 bits per heavy atom. The Labute approximate surface area is 159 Å². The molecule has 0 bridgehead atoms. The monoisotopic (exact) mass is 378 g/mol. The molecule has 1 amide bonds. The van der Waals surface area contributed by atoms with E-state index in [1.165, 1.54) is 29.5 Å². The summed E-state index contributed by atoms with van der Waals surface area (Å²) in [6.45, 7) is 2.03. The van der Waals surface area contributed by atoms with Crippen LogP contribution in [0.4, 0.5) is 10.1 Å². The van der Waals surface area contributed by atoms with E-state index in [0.29, 0.717) is 21.5 Å². The third kappa shape index (κ3) is 4.01. The highest BCUT2D eigenvalue weighted by Crippen LogP contribution is 2.30. The van der Waals surface area contributed by atoms with Crippen LogP contribution in [-0.4, -0.2) is 11.1 Å². The van der Waals surface area contributed by atoms with Crippen molar-refractivity contribution in [3.8, 4) is 11.3 Å². The molecule has 1 aromatic heterocycles. The maximum absolute atomic E-state index is 13.0. The van der Waals surface area contributed by atoms with Crippen LogP contribution in [0, 0.1) is 12.7 Å². The summed E-state index contributed by atoms with van der Waals surface area (Å²) in [5, 5.41) is 3.15. The summed E-state index contributed by atoms with van der Waals surface area (Å²) in [5.41, 5.74) is 2.73. The van der Waals surface area contributed by atoms with Crippen LogP contribution >= 0.6 is 11.8 Å². The van der Waals surface area contributed by atoms with E-state index in [-0.39, 0.29) is 11.7 Å². The van der Waals surface area contributed by atoms with Crippen LogP contribution in [0.5, 0.6) is 0 Å². The van der Waals surface area contributed by atoms with Crippen LogP contribution < -0.4 is 5.32 Å². The fourth-order valence-electron chi connectivity index (χ4n) is 2.55. The predicted octanol–water partition coefficient (Wildman–Crippen LogP) is 5.29. The van der Waals surface area contributed by atoms with Gasteiger partial charge < -0.3 is 9.73 Å². The second-order valence-electron chi connectivity index (χ2n) is 6.03. The average molecular weight is 378 g/mol. The van der Waals surface area contributed by atoms with Gasteiger partial charge in [-0.15, -0.1) is 0 Å². The van der Waals surface area contributed by atoms with Crippen LogP contribution in [0.3, 0.4) is 0 Å². The van der Waals surface area contributed by atoms with Crippen molar-refractivity contribution >= 4 is 34.6 Å². The van der Waals surface area contributed by atoms with Crippen LogP contribution in [0.1, 0.15) is 11.3 Å². The van der Waals surface area contributed by atoms with Gasteiger partial charge in [0.15, 0.2) is 5.17 Å². The Kier molecular flexibility index (Phi) is 4.64. The number of rotatable bonds is 3. The third-order valence-electron chi connectivity index (χ3n) is 3.94. The van der Waals surface area contributed by atoms with Crippen molar-refractivity contribution in [1.29, 1.82) is 0 Å². The molecule has 1 saturated heterocycles. The number of halogens is 1. The number of furan rings is 1. The van der Waals surface area contributed by atoms with Crippen LogP contribution in [0.15, 0.2) is 75.0 Å². The molecule has 27 heavy (non-hydrogen) atoms. The van der Waals surface area contributed by atoms with Gasteiger partial charge in [-0.2, -0.15) is 0 Å². The zero-order valence-electron chi connectivity index (χ0n) is 14.4. The second-order valence-corrected chi connectivity index (χ2v) is 7.06. The number of aliphatic imine (C=N–C) groups is 1. The molecule has 1 aliphatic rings. The summed E-state index contributed by atoms with van der Waals surface area (Å²) < 4.78 is 18.8. The van der Waals surface area contributed by atoms with Crippen molar-refractivity contribution < 1.29 is 13.6 Å². The van der Waals surface area contributed by atoms with Gasteiger partial charge in [0.2, 0.25) is 0 Å². The Morgan fingerprint density at radius 2 is 1.78 bits per heavy atom. The zero-order valence-corrected chi connectivity index (χ0v) is 15.2. The van der Waals surface area contributed by atoms with Crippen LogP contribution in [0.2, 0.25) is 0 Å². The van der Waals surface area contributed by atoms with Gasteiger partial charge in [0, 0.05) is 11.6 Å². The second kappa shape index (κ2) is 7.25. The van der Waals surface area contributed by atoms with E-state index in [2.05, 4.69) is 10.3 Å². The molecule has 4 rings (SSSR count). The molecule has 0 unspecified atom stereocenters. The van der Waals surface area contributed by atoms with Gasteiger partial charge in [-0.05, 0) is 55.1 Å². The average Bonchev–Trinajstić information content (AvgIpc) is 3.25. The van der Waals surface area contributed by atoms with Crippen molar-refractivity contribution in [2.45, 2.75) is 6.92 Å². The number of carbonyl (C=O) groups excluding carboxylic acids is 1. The Hall–Kier alpha value is -3.12. The van der Waals surface area contributed by atoms with Crippen molar-refractivity contribution in [3.05, 3.63) is 82.7 Å². The predicted molar refractivity (Wildman–Crippen MR) is 106 cm³/mol. The highest BCUT2D eigenvalue weighted by atomic mass is 32.2. The minimum Gasteiger partial charge on any atom is -0.457 e. The molecule has 0 spiro atoms.